The van der Waals surface area contributed by atoms with E-state index in [0.717, 1.165) is 0 Å². The van der Waals surface area contributed by atoms with E-state index in [9.17, 15) is 18.0 Å². The molecule has 0 fully saturated rings. The van der Waals surface area contributed by atoms with Crippen molar-refractivity contribution in [3.05, 3.63) is 17.0 Å². The highest BCUT2D eigenvalue weighted by atomic mass is 19.4. The average molecular weight is 264 g/mol. The Balaban J connectivity index is 2.98. The minimum Gasteiger partial charge on any atom is -0.385 e. The normalized spacial score (nSPS) is 11.9. The van der Waals surface area contributed by atoms with Crippen LogP contribution in [0.1, 0.15) is 28.2 Å². The minimum absolute atomic E-state index is 0.104. The number of ether oxygens (including phenoxy) is 1. The van der Waals surface area contributed by atoms with Crippen molar-refractivity contribution in [1.82, 2.24) is 9.78 Å². The molecule has 0 saturated heterocycles. The van der Waals surface area contributed by atoms with E-state index in [4.69, 9.17) is 4.74 Å². The monoisotopic (exact) mass is 264 g/mol. The van der Waals surface area contributed by atoms with Gasteiger partial charge in [0.15, 0.2) is 0 Å². The predicted molar refractivity (Wildman–Crippen MR) is 58.6 cm³/mol. The number of carbonyl (C=O) groups is 1. The van der Waals surface area contributed by atoms with Gasteiger partial charge >= 0.3 is 6.18 Å². The first-order valence-electron chi connectivity index (χ1n) is 5.43. The van der Waals surface area contributed by atoms with Gasteiger partial charge in [-0.2, -0.15) is 18.3 Å². The molecule has 1 rings (SSSR count). The number of carbonyl (C=O) groups excluding carboxylic acids is 1. The van der Waals surface area contributed by atoms with Crippen LogP contribution in [0.15, 0.2) is 0 Å². The van der Waals surface area contributed by atoms with Crippen molar-refractivity contribution < 1.29 is 22.7 Å². The molecule has 0 unspecified atom stereocenters. The summed E-state index contributed by atoms with van der Waals surface area (Å²) in [5.41, 5.74) is -0.00177. The Hall–Kier alpha value is -1.37. The molecule has 4 nitrogen and oxygen atoms in total. The topological polar surface area (TPSA) is 44.1 Å². The summed E-state index contributed by atoms with van der Waals surface area (Å²) in [5.74, 6) is -1.84. The van der Waals surface area contributed by atoms with Crippen molar-refractivity contribution >= 4 is 5.78 Å². The fraction of sp³-hybridized carbons (Fsp3) is 0.636. The molecule has 7 heteroatoms. The summed E-state index contributed by atoms with van der Waals surface area (Å²) in [6.45, 7) is 3.77. The van der Waals surface area contributed by atoms with Crippen LogP contribution >= 0.6 is 0 Å². The number of methoxy groups -OCH3 is 1. The van der Waals surface area contributed by atoms with Gasteiger partial charge in [0.25, 0.3) is 5.78 Å². The van der Waals surface area contributed by atoms with Crippen LogP contribution in [-0.4, -0.2) is 35.5 Å². The second-order valence-corrected chi connectivity index (χ2v) is 3.94. The van der Waals surface area contributed by atoms with E-state index in [-0.39, 0.29) is 17.0 Å². The zero-order valence-corrected chi connectivity index (χ0v) is 10.5. The van der Waals surface area contributed by atoms with E-state index in [1.54, 1.807) is 7.11 Å². The van der Waals surface area contributed by atoms with Gasteiger partial charge in [-0.3, -0.25) is 9.48 Å². The summed E-state index contributed by atoms with van der Waals surface area (Å²) in [6.07, 6.45) is -4.24. The molecule has 18 heavy (non-hydrogen) atoms. The number of rotatable bonds is 5. The molecule has 0 N–H and O–H groups in total. The minimum atomic E-state index is -4.87. The Morgan fingerprint density at radius 1 is 1.39 bits per heavy atom. The molecule has 0 amide bonds. The third kappa shape index (κ3) is 3.10. The Bertz CT molecular complexity index is 438. The van der Waals surface area contributed by atoms with E-state index in [2.05, 4.69) is 5.10 Å². The number of aryl methyl sites for hydroxylation is 2. The molecule has 0 radical (unpaired) electrons. The van der Waals surface area contributed by atoms with Crippen LogP contribution in [0.4, 0.5) is 13.2 Å². The van der Waals surface area contributed by atoms with Gasteiger partial charge in [0, 0.05) is 26.0 Å². The Morgan fingerprint density at radius 2 is 2.00 bits per heavy atom. The molecule has 0 spiro atoms. The fourth-order valence-corrected chi connectivity index (χ4v) is 1.74. The maximum absolute atomic E-state index is 12.4. The zero-order chi connectivity index (χ0) is 13.9. The van der Waals surface area contributed by atoms with Gasteiger partial charge in [-0.25, -0.2) is 0 Å². The second kappa shape index (κ2) is 5.51. The van der Waals surface area contributed by atoms with E-state index < -0.39 is 12.0 Å². The molecule has 0 saturated carbocycles. The highest BCUT2D eigenvalue weighted by Crippen LogP contribution is 2.25. The number of ketones is 1. The van der Waals surface area contributed by atoms with Crippen molar-refractivity contribution in [2.24, 2.45) is 0 Å². The molecule has 1 heterocycles. The summed E-state index contributed by atoms with van der Waals surface area (Å²) >= 11 is 0. The third-order valence-electron chi connectivity index (χ3n) is 2.58. The number of hydrogen-bond donors (Lipinski definition) is 0. The van der Waals surface area contributed by atoms with Crippen LogP contribution < -0.4 is 0 Å². The lowest BCUT2D eigenvalue weighted by atomic mass is 10.1. The van der Waals surface area contributed by atoms with E-state index in [0.29, 0.717) is 19.6 Å². The molecule has 102 valence electrons. The van der Waals surface area contributed by atoms with Crippen LogP contribution in [0.2, 0.25) is 0 Å². The summed E-state index contributed by atoms with van der Waals surface area (Å²) in [4.78, 5) is 11.2. The molecular weight excluding hydrogens is 249 g/mol. The van der Waals surface area contributed by atoms with Crippen LogP contribution in [0.25, 0.3) is 0 Å². The fourth-order valence-electron chi connectivity index (χ4n) is 1.74. The third-order valence-corrected chi connectivity index (χ3v) is 2.58. The number of hydrogen-bond acceptors (Lipinski definition) is 3. The van der Waals surface area contributed by atoms with E-state index in [1.807, 2.05) is 0 Å². The average Bonchev–Trinajstić information content (AvgIpc) is 2.52. The van der Waals surface area contributed by atoms with E-state index in [1.165, 1.54) is 18.5 Å². The number of nitrogens with zero attached hydrogens (tertiary/aromatic N) is 2. The van der Waals surface area contributed by atoms with Crippen molar-refractivity contribution in [1.29, 1.82) is 0 Å². The second-order valence-electron chi connectivity index (χ2n) is 3.94. The highest BCUT2D eigenvalue weighted by molar-refractivity contribution is 6.02. The van der Waals surface area contributed by atoms with Gasteiger partial charge in [0.1, 0.15) is 0 Å². The molecule has 0 aliphatic heterocycles. The first kappa shape index (κ1) is 14.7. The molecule has 1 aromatic rings. The zero-order valence-electron chi connectivity index (χ0n) is 10.5. The lowest BCUT2D eigenvalue weighted by molar-refractivity contribution is -0.0886. The standard InChI is InChI=1S/C11H15F3N2O2/c1-7-9(10(17)11(12,13)14)8(2)16(15-7)5-4-6-18-3/h4-6H2,1-3H3. The maximum Gasteiger partial charge on any atom is 0.455 e. The smallest absolute Gasteiger partial charge is 0.385 e. The molecule has 0 bridgehead atoms. The van der Waals surface area contributed by atoms with Gasteiger partial charge in [-0.05, 0) is 20.3 Å². The molecule has 0 atom stereocenters. The number of halogens is 3. The van der Waals surface area contributed by atoms with Gasteiger partial charge in [-0.15, -0.1) is 0 Å². The molecule has 0 aliphatic carbocycles. The summed E-state index contributed by atoms with van der Waals surface area (Å²) in [7, 11) is 1.54. The summed E-state index contributed by atoms with van der Waals surface area (Å²) < 4.78 is 43.5. The van der Waals surface area contributed by atoms with Gasteiger partial charge in [0.2, 0.25) is 0 Å². The molecule has 0 aromatic carbocycles. The van der Waals surface area contributed by atoms with Crippen molar-refractivity contribution in [2.75, 3.05) is 13.7 Å². The summed E-state index contributed by atoms with van der Waals surface area (Å²) in [6, 6.07) is 0. The van der Waals surface area contributed by atoms with Gasteiger partial charge < -0.3 is 4.74 Å². The Labute approximate surface area is 103 Å². The maximum atomic E-state index is 12.4. The SMILES string of the molecule is COCCCn1nc(C)c(C(=O)C(F)(F)F)c1C. The van der Waals surface area contributed by atoms with Crippen molar-refractivity contribution in [3.8, 4) is 0 Å². The van der Waals surface area contributed by atoms with E-state index >= 15 is 0 Å². The predicted octanol–water partition coefficient (Wildman–Crippen LogP) is 2.28. The first-order valence-corrected chi connectivity index (χ1v) is 5.43. The number of aromatic nitrogens is 2. The molecule has 0 aliphatic rings. The van der Waals surface area contributed by atoms with Crippen molar-refractivity contribution in [3.63, 3.8) is 0 Å². The first-order chi connectivity index (χ1) is 8.29. The highest BCUT2D eigenvalue weighted by Gasteiger charge is 2.42. The lowest BCUT2D eigenvalue weighted by Gasteiger charge is -2.06. The quantitative estimate of drug-likeness (QED) is 0.605. The van der Waals surface area contributed by atoms with Crippen LogP contribution in [-0.2, 0) is 11.3 Å². The Kier molecular flexibility index (Phi) is 4.50. The van der Waals surface area contributed by atoms with Gasteiger partial charge in [0.05, 0.1) is 11.3 Å². The molecular formula is C11H15F3N2O2. The van der Waals surface area contributed by atoms with Crippen LogP contribution in [0, 0.1) is 13.8 Å². The van der Waals surface area contributed by atoms with Crippen molar-refractivity contribution in [2.45, 2.75) is 33.0 Å². The Morgan fingerprint density at radius 3 is 2.50 bits per heavy atom. The summed E-state index contributed by atoms with van der Waals surface area (Å²) in [5, 5.41) is 3.96. The van der Waals surface area contributed by atoms with Crippen LogP contribution in [0.3, 0.4) is 0 Å². The molecule has 1 aromatic heterocycles. The largest absolute Gasteiger partial charge is 0.455 e. The van der Waals surface area contributed by atoms with Gasteiger partial charge in [-0.1, -0.05) is 0 Å². The number of alkyl halides is 3. The number of Topliss-reactive ketones (excluding diaryl/α,β-unsaturated/α-hetero) is 1. The van der Waals surface area contributed by atoms with Crippen LogP contribution in [0.5, 0.6) is 0 Å². The lowest BCUT2D eigenvalue weighted by Crippen LogP contribution is -2.24.